The molecule has 1 aromatic heterocycles. The van der Waals surface area contributed by atoms with E-state index in [0.29, 0.717) is 17.5 Å². The normalized spacial score (nSPS) is 10.8. The fourth-order valence-corrected chi connectivity index (χ4v) is 3.69. The second kappa shape index (κ2) is 8.58. The lowest BCUT2D eigenvalue weighted by Crippen LogP contribution is -2.28. The van der Waals surface area contributed by atoms with Crippen LogP contribution in [0, 0.1) is 6.92 Å². The molecule has 0 saturated heterocycles. The number of aryl methyl sites for hydroxylation is 1. The van der Waals surface area contributed by atoms with E-state index in [9.17, 15) is 4.79 Å². The van der Waals surface area contributed by atoms with Crippen molar-refractivity contribution in [2.75, 3.05) is 18.6 Å². The van der Waals surface area contributed by atoms with Crippen molar-refractivity contribution in [3.05, 3.63) is 64.1 Å². The Morgan fingerprint density at radius 2 is 1.89 bits per heavy atom. The first-order valence-electron chi connectivity index (χ1n) is 8.33. The molecule has 0 radical (unpaired) electrons. The highest BCUT2D eigenvalue weighted by atomic mass is 79.9. The Labute approximate surface area is 170 Å². The molecule has 0 aliphatic rings. The molecular formula is C19H20BrN5OS. The van der Waals surface area contributed by atoms with Crippen molar-refractivity contribution < 1.29 is 4.79 Å². The van der Waals surface area contributed by atoms with Crippen molar-refractivity contribution >= 4 is 33.6 Å². The summed E-state index contributed by atoms with van der Waals surface area (Å²) in [7, 11) is 1.78. The van der Waals surface area contributed by atoms with Crippen molar-refractivity contribution in [1.29, 1.82) is 0 Å². The zero-order valence-corrected chi connectivity index (χ0v) is 17.5. The highest BCUT2D eigenvalue weighted by Gasteiger charge is 2.16. The van der Waals surface area contributed by atoms with Crippen LogP contribution in [0.1, 0.15) is 11.1 Å². The summed E-state index contributed by atoms with van der Waals surface area (Å²) in [5.41, 5.74) is 3.11. The minimum Gasteiger partial charge on any atom is -0.341 e. The van der Waals surface area contributed by atoms with Crippen LogP contribution in [0.25, 0.3) is 11.4 Å². The van der Waals surface area contributed by atoms with E-state index in [1.807, 2.05) is 55.5 Å². The molecule has 2 N–H and O–H groups in total. The number of benzene rings is 2. The number of rotatable bonds is 6. The summed E-state index contributed by atoms with van der Waals surface area (Å²) in [6.45, 7) is 2.55. The van der Waals surface area contributed by atoms with Crippen molar-refractivity contribution in [3.8, 4) is 11.4 Å². The molecule has 3 aromatic rings. The van der Waals surface area contributed by atoms with E-state index in [-0.39, 0.29) is 11.7 Å². The van der Waals surface area contributed by atoms with Gasteiger partial charge in [0, 0.05) is 23.6 Å². The average molecular weight is 446 g/mol. The van der Waals surface area contributed by atoms with Crippen LogP contribution < -0.4 is 5.84 Å². The molecular weight excluding hydrogens is 426 g/mol. The van der Waals surface area contributed by atoms with Crippen LogP contribution >= 0.6 is 27.7 Å². The van der Waals surface area contributed by atoms with Gasteiger partial charge in [-0.1, -0.05) is 75.7 Å². The van der Waals surface area contributed by atoms with E-state index < -0.39 is 0 Å². The van der Waals surface area contributed by atoms with E-state index in [1.54, 1.807) is 11.9 Å². The fourth-order valence-electron chi connectivity index (χ4n) is 2.48. The summed E-state index contributed by atoms with van der Waals surface area (Å²) in [4.78, 5) is 14.1. The summed E-state index contributed by atoms with van der Waals surface area (Å²) in [6.07, 6.45) is 0. The summed E-state index contributed by atoms with van der Waals surface area (Å²) in [5, 5.41) is 8.78. The van der Waals surface area contributed by atoms with Crippen LogP contribution in [0.4, 0.5) is 0 Å². The zero-order valence-electron chi connectivity index (χ0n) is 15.1. The Hall–Kier alpha value is -2.32. The summed E-state index contributed by atoms with van der Waals surface area (Å²) < 4.78 is 2.41. The van der Waals surface area contributed by atoms with Gasteiger partial charge in [-0.2, -0.15) is 0 Å². The summed E-state index contributed by atoms with van der Waals surface area (Å²) in [5.74, 6) is 6.93. The number of amides is 1. The number of hydrogen-bond acceptors (Lipinski definition) is 5. The summed E-state index contributed by atoms with van der Waals surface area (Å²) in [6, 6.07) is 15.8. The number of nitrogens with two attached hydrogens (primary N) is 1. The molecule has 27 heavy (non-hydrogen) atoms. The molecule has 0 aliphatic carbocycles. The second-order valence-electron chi connectivity index (χ2n) is 6.17. The predicted octanol–water partition coefficient (Wildman–Crippen LogP) is 3.48. The number of thioether (sulfide) groups is 1. The van der Waals surface area contributed by atoms with Crippen LogP contribution in [-0.4, -0.2) is 38.5 Å². The Kier molecular flexibility index (Phi) is 6.18. The fraction of sp³-hybridized carbons (Fsp3) is 0.211. The molecule has 2 aromatic carbocycles. The zero-order chi connectivity index (χ0) is 19.4. The number of aromatic nitrogens is 3. The molecule has 0 saturated carbocycles. The maximum absolute atomic E-state index is 12.4. The largest absolute Gasteiger partial charge is 0.341 e. The van der Waals surface area contributed by atoms with Crippen molar-refractivity contribution in [1.82, 2.24) is 19.8 Å². The molecule has 6 nitrogen and oxygen atoms in total. The van der Waals surface area contributed by atoms with Gasteiger partial charge in [0.15, 0.2) is 5.82 Å². The van der Waals surface area contributed by atoms with E-state index >= 15 is 0 Å². The maximum Gasteiger partial charge on any atom is 0.233 e. The smallest absolute Gasteiger partial charge is 0.233 e. The SMILES string of the molecule is Cc1ccc(-c2nnc(SCC(=O)N(C)Cc3ccccc3Br)n2N)cc1. The van der Waals surface area contributed by atoms with Gasteiger partial charge < -0.3 is 10.7 Å². The lowest BCUT2D eigenvalue weighted by atomic mass is 10.1. The Morgan fingerprint density at radius 1 is 1.19 bits per heavy atom. The third kappa shape index (κ3) is 4.70. The standard InChI is InChI=1S/C19H20BrN5OS/c1-13-7-9-14(10-8-13)18-22-23-19(25(18)21)27-12-17(26)24(2)11-15-5-3-4-6-16(15)20/h3-10H,11-12,21H2,1-2H3. The molecule has 0 atom stereocenters. The van der Waals surface area contributed by atoms with E-state index in [0.717, 1.165) is 21.2 Å². The highest BCUT2D eigenvalue weighted by Crippen LogP contribution is 2.23. The number of carbonyl (C=O) groups excluding carboxylic acids is 1. The number of halogens is 1. The van der Waals surface area contributed by atoms with Crippen molar-refractivity contribution in [2.45, 2.75) is 18.6 Å². The molecule has 8 heteroatoms. The number of nitrogens with zero attached hydrogens (tertiary/aromatic N) is 4. The lowest BCUT2D eigenvalue weighted by molar-refractivity contribution is -0.127. The van der Waals surface area contributed by atoms with Gasteiger partial charge in [0.05, 0.1) is 5.75 Å². The first-order chi connectivity index (χ1) is 13.0. The quantitative estimate of drug-likeness (QED) is 0.464. The van der Waals surface area contributed by atoms with Gasteiger partial charge in [-0.25, -0.2) is 4.68 Å². The minimum atomic E-state index is -0.00404. The number of carbonyl (C=O) groups is 1. The van der Waals surface area contributed by atoms with E-state index in [1.165, 1.54) is 16.4 Å². The second-order valence-corrected chi connectivity index (χ2v) is 7.97. The average Bonchev–Trinajstić information content (AvgIpc) is 3.03. The third-order valence-corrected chi connectivity index (χ3v) is 5.79. The van der Waals surface area contributed by atoms with Gasteiger partial charge in [0.1, 0.15) is 0 Å². The molecule has 1 amide bonds. The molecule has 0 fully saturated rings. The van der Waals surface area contributed by atoms with Gasteiger partial charge in [-0.3, -0.25) is 4.79 Å². The Bertz CT molecular complexity index is 942. The molecule has 140 valence electrons. The van der Waals surface area contributed by atoms with Crippen LogP contribution in [0.2, 0.25) is 0 Å². The molecule has 0 bridgehead atoms. The Balaban J connectivity index is 1.62. The summed E-state index contributed by atoms with van der Waals surface area (Å²) >= 11 is 4.79. The van der Waals surface area contributed by atoms with Crippen molar-refractivity contribution in [2.24, 2.45) is 0 Å². The van der Waals surface area contributed by atoms with Gasteiger partial charge in [0.2, 0.25) is 11.1 Å². The van der Waals surface area contributed by atoms with Crippen LogP contribution in [0.15, 0.2) is 58.2 Å². The first kappa shape index (κ1) is 19.4. The van der Waals surface area contributed by atoms with E-state index in [2.05, 4.69) is 26.1 Å². The molecule has 1 heterocycles. The van der Waals surface area contributed by atoms with Gasteiger partial charge in [-0.05, 0) is 18.6 Å². The van der Waals surface area contributed by atoms with Crippen LogP contribution in [0.5, 0.6) is 0 Å². The van der Waals surface area contributed by atoms with Gasteiger partial charge in [-0.15, -0.1) is 10.2 Å². The minimum absolute atomic E-state index is 0.00404. The molecule has 0 unspecified atom stereocenters. The Morgan fingerprint density at radius 3 is 2.59 bits per heavy atom. The predicted molar refractivity (Wildman–Crippen MR) is 112 cm³/mol. The molecule has 0 aliphatic heterocycles. The molecule has 0 spiro atoms. The monoisotopic (exact) mass is 445 g/mol. The van der Waals surface area contributed by atoms with E-state index in [4.69, 9.17) is 5.84 Å². The maximum atomic E-state index is 12.4. The highest BCUT2D eigenvalue weighted by molar-refractivity contribution is 9.10. The number of hydrogen-bond donors (Lipinski definition) is 1. The molecule has 3 rings (SSSR count). The lowest BCUT2D eigenvalue weighted by Gasteiger charge is -2.17. The third-order valence-electron chi connectivity index (χ3n) is 4.09. The van der Waals surface area contributed by atoms with Gasteiger partial charge >= 0.3 is 0 Å². The first-order valence-corrected chi connectivity index (χ1v) is 10.1. The van der Waals surface area contributed by atoms with Crippen LogP contribution in [-0.2, 0) is 11.3 Å². The number of nitrogen functional groups attached to an aromatic ring is 1. The van der Waals surface area contributed by atoms with Crippen LogP contribution in [0.3, 0.4) is 0 Å². The van der Waals surface area contributed by atoms with Gasteiger partial charge in [0.25, 0.3) is 0 Å². The van der Waals surface area contributed by atoms with Crippen molar-refractivity contribution in [3.63, 3.8) is 0 Å². The topological polar surface area (TPSA) is 77.0 Å².